The van der Waals surface area contributed by atoms with Gasteiger partial charge in [-0.15, -0.1) is 11.3 Å². The molecule has 3 unspecified atom stereocenters. The van der Waals surface area contributed by atoms with Gasteiger partial charge in [-0.25, -0.2) is 0 Å². The van der Waals surface area contributed by atoms with E-state index in [9.17, 15) is 0 Å². The number of rotatable bonds is 2. The molecule has 0 radical (unpaired) electrons. The monoisotopic (exact) mass is 584 g/mol. The number of thiophene rings is 1. The molecule has 4 nitrogen and oxygen atoms in total. The van der Waals surface area contributed by atoms with E-state index in [0.29, 0.717) is 0 Å². The van der Waals surface area contributed by atoms with Crippen molar-refractivity contribution in [2.75, 3.05) is 20.9 Å². The summed E-state index contributed by atoms with van der Waals surface area (Å²) in [6.45, 7) is 0. The van der Waals surface area contributed by atoms with Gasteiger partial charge in [0.1, 0.15) is 11.2 Å². The van der Waals surface area contributed by atoms with Crippen LogP contribution in [0.25, 0.3) is 33.4 Å². The lowest BCUT2D eigenvalue weighted by Crippen LogP contribution is -2.26. The number of hydrogen-bond donors (Lipinski definition) is 3. The second kappa shape index (κ2) is 9.12. The summed E-state index contributed by atoms with van der Waals surface area (Å²) >= 11 is 1.89. The number of anilines is 5. The molecule has 5 aromatic carbocycles. The summed E-state index contributed by atoms with van der Waals surface area (Å²) in [4.78, 5) is 2.50. The van der Waals surface area contributed by atoms with E-state index >= 15 is 0 Å². The van der Waals surface area contributed by atoms with Crippen LogP contribution < -0.4 is 20.9 Å². The van der Waals surface area contributed by atoms with E-state index in [-0.39, 0.29) is 18.2 Å². The van der Waals surface area contributed by atoms with Crippen molar-refractivity contribution in [3.8, 4) is 11.1 Å². The van der Waals surface area contributed by atoms with E-state index in [1.807, 2.05) is 11.3 Å². The van der Waals surface area contributed by atoms with Crippen LogP contribution in [0.2, 0.25) is 0 Å². The van der Waals surface area contributed by atoms with Crippen LogP contribution in [0.15, 0.2) is 121 Å². The van der Waals surface area contributed by atoms with Crippen molar-refractivity contribution >= 4 is 61.3 Å². The van der Waals surface area contributed by atoms with Crippen LogP contribution in [0.5, 0.6) is 0 Å². The lowest BCUT2D eigenvalue weighted by molar-refractivity contribution is 0.827. The van der Waals surface area contributed by atoms with Crippen LogP contribution in [0.1, 0.15) is 46.1 Å². The molecule has 5 heterocycles. The number of para-hydroxylation sites is 2. The van der Waals surface area contributed by atoms with E-state index in [0.717, 1.165) is 0 Å². The average molecular weight is 585 g/mol. The Bertz CT molecular complexity index is 2190. The SMILES string of the molecule is C1=CC(c2ccccc2)Nc2c1ccc1c2NC(c2ccc3sc4c(c3c2)-c2ccccc2C2Nc3ccccc3N42)C=C1. The summed E-state index contributed by atoms with van der Waals surface area (Å²) in [7, 11) is 0. The molecule has 10 rings (SSSR count). The number of nitrogens with zero attached hydrogens (tertiary/aromatic N) is 1. The molecule has 3 N–H and O–H groups in total. The summed E-state index contributed by atoms with van der Waals surface area (Å²) < 4.78 is 1.31. The molecule has 0 saturated heterocycles. The van der Waals surface area contributed by atoms with Crippen LogP contribution >= 0.6 is 11.3 Å². The molecule has 0 amide bonds. The minimum absolute atomic E-state index is 0.0672. The van der Waals surface area contributed by atoms with Crippen molar-refractivity contribution in [2.45, 2.75) is 18.2 Å². The third kappa shape index (κ3) is 3.44. The summed E-state index contributed by atoms with van der Waals surface area (Å²) in [5.41, 5.74) is 13.7. The highest BCUT2D eigenvalue weighted by atomic mass is 32.1. The van der Waals surface area contributed by atoms with E-state index in [4.69, 9.17) is 0 Å². The first kappa shape index (κ1) is 24.2. The van der Waals surface area contributed by atoms with Gasteiger partial charge in [-0.1, -0.05) is 109 Å². The van der Waals surface area contributed by atoms with E-state index < -0.39 is 0 Å². The Morgan fingerprint density at radius 1 is 0.614 bits per heavy atom. The first-order valence-corrected chi connectivity index (χ1v) is 16.0. The number of hydrogen-bond acceptors (Lipinski definition) is 5. The maximum absolute atomic E-state index is 3.92. The van der Waals surface area contributed by atoms with Crippen LogP contribution in [-0.4, -0.2) is 0 Å². The third-order valence-corrected chi connectivity index (χ3v) is 10.6. The first-order chi connectivity index (χ1) is 21.8. The second-order valence-corrected chi connectivity index (χ2v) is 13.0. The molecule has 5 heteroatoms. The van der Waals surface area contributed by atoms with Crippen molar-refractivity contribution in [2.24, 2.45) is 0 Å². The Balaban J connectivity index is 1.06. The van der Waals surface area contributed by atoms with Gasteiger partial charge in [0.15, 0.2) is 0 Å². The highest BCUT2D eigenvalue weighted by Crippen LogP contribution is 2.59. The quantitative estimate of drug-likeness (QED) is 0.189. The van der Waals surface area contributed by atoms with Crippen molar-refractivity contribution in [3.63, 3.8) is 0 Å². The minimum atomic E-state index is 0.0672. The zero-order valence-electron chi connectivity index (χ0n) is 23.8. The van der Waals surface area contributed by atoms with Crippen LogP contribution in [0.4, 0.5) is 27.8 Å². The van der Waals surface area contributed by atoms with Gasteiger partial charge in [0, 0.05) is 21.2 Å². The molecule has 0 fully saturated rings. The normalized spacial score (nSPS) is 19.9. The molecule has 3 atom stereocenters. The van der Waals surface area contributed by atoms with Gasteiger partial charge in [-0.2, -0.15) is 0 Å². The summed E-state index contributed by atoms with van der Waals surface area (Å²) in [5, 5.41) is 14.2. The van der Waals surface area contributed by atoms with E-state index in [1.54, 1.807) is 0 Å². The predicted molar refractivity (Wildman–Crippen MR) is 186 cm³/mol. The van der Waals surface area contributed by atoms with Crippen molar-refractivity contribution in [1.29, 1.82) is 0 Å². The fourth-order valence-electron chi connectivity index (χ4n) is 7.37. The maximum Gasteiger partial charge on any atom is 0.131 e. The zero-order chi connectivity index (χ0) is 28.8. The third-order valence-electron chi connectivity index (χ3n) is 9.47. The number of benzene rings is 5. The lowest BCUT2D eigenvalue weighted by atomic mass is 9.91. The summed E-state index contributed by atoms with van der Waals surface area (Å²) in [5.74, 6) is 0. The van der Waals surface area contributed by atoms with E-state index in [1.165, 1.54) is 76.8 Å². The molecule has 1 aromatic heterocycles. The van der Waals surface area contributed by atoms with Crippen LogP contribution in [0, 0.1) is 0 Å². The van der Waals surface area contributed by atoms with Gasteiger partial charge in [0.2, 0.25) is 0 Å². The molecule has 4 aliphatic heterocycles. The maximum atomic E-state index is 3.92. The first-order valence-electron chi connectivity index (χ1n) is 15.2. The van der Waals surface area contributed by atoms with Gasteiger partial charge in [-0.3, -0.25) is 0 Å². The molecule has 0 aliphatic carbocycles. The van der Waals surface area contributed by atoms with Gasteiger partial charge < -0.3 is 20.9 Å². The largest absolute Gasteiger partial charge is 0.373 e. The van der Waals surface area contributed by atoms with E-state index in [2.05, 4.69) is 154 Å². The lowest BCUT2D eigenvalue weighted by Gasteiger charge is -2.33. The molecule has 44 heavy (non-hydrogen) atoms. The molecular weight excluding hydrogens is 557 g/mol. The Hall–Kier alpha value is -5.26. The Morgan fingerprint density at radius 2 is 1.32 bits per heavy atom. The number of fused-ring (bicyclic) bond motifs is 13. The molecule has 6 aromatic rings. The predicted octanol–water partition coefficient (Wildman–Crippen LogP) is 10.5. The molecule has 210 valence electrons. The smallest absolute Gasteiger partial charge is 0.131 e. The van der Waals surface area contributed by atoms with Crippen molar-refractivity contribution in [3.05, 3.63) is 149 Å². The van der Waals surface area contributed by atoms with Gasteiger partial charge in [0.05, 0.1) is 34.8 Å². The van der Waals surface area contributed by atoms with Gasteiger partial charge >= 0.3 is 0 Å². The Labute approximate surface area is 260 Å². The molecule has 0 saturated carbocycles. The standard InChI is InChI=1S/C39H28N4S/c1-2-8-23(9-3-1)30-19-16-24-14-15-25-17-20-31(41-37(25)36(24)40-30)26-18-21-34-29(22-26)35-27-10-4-5-11-28(27)38-42-32-12-6-7-13-33(32)43(38)39(35)44-34/h1-22,30-31,38,40-42H. The number of nitrogens with one attached hydrogen (secondary N) is 3. The van der Waals surface area contributed by atoms with Crippen molar-refractivity contribution in [1.82, 2.24) is 0 Å². The molecule has 0 spiro atoms. The molecular formula is C39H28N4S. The van der Waals surface area contributed by atoms with Crippen LogP contribution in [-0.2, 0) is 0 Å². The topological polar surface area (TPSA) is 39.3 Å². The summed E-state index contributed by atoms with van der Waals surface area (Å²) in [6, 6.07) is 39.9. The average Bonchev–Trinajstić information content (AvgIpc) is 3.67. The summed E-state index contributed by atoms with van der Waals surface area (Å²) in [6.07, 6.45) is 9.18. The Morgan fingerprint density at radius 3 is 2.14 bits per heavy atom. The minimum Gasteiger partial charge on any atom is -0.373 e. The highest BCUT2D eigenvalue weighted by molar-refractivity contribution is 7.23. The zero-order valence-corrected chi connectivity index (χ0v) is 24.6. The highest BCUT2D eigenvalue weighted by Gasteiger charge is 2.39. The van der Waals surface area contributed by atoms with Gasteiger partial charge in [-0.05, 0) is 52.1 Å². The Kier molecular flexibility index (Phi) is 5.02. The van der Waals surface area contributed by atoms with Crippen molar-refractivity contribution < 1.29 is 0 Å². The van der Waals surface area contributed by atoms with Gasteiger partial charge in [0.25, 0.3) is 0 Å². The molecule has 4 aliphatic rings. The second-order valence-electron chi connectivity index (χ2n) is 11.9. The molecule has 0 bridgehead atoms. The fourth-order valence-corrected chi connectivity index (χ4v) is 8.61. The fraction of sp³-hybridized carbons (Fsp3) is 0.0769. The van der Waals surface area contributed by atoms with Crippen LogP contribution in [0.3, 0.4) is 0 Å².